The highest BCUT2D eigenvalue weighted by Gasteiger charge is 2.20. The van der Waals surface area contributed by atoms with E-state index in [-0.39, 0.29) is 18.3 Å². The van der Waals surface area contributed by atoms with Gasteiger partial charge in [0.1, 0.15) is 17.3 Å². The molecule has 2 aromatic carbocycles. The Bertz CT molecular complexity index is 622. The maximum Gasteiger partial charge on any atom is 0.133 e. The van der Waals surface area contributed by atoms with Gasteiger partial charge in [-0.3, -0.25) is 0 Å². The minimum atomic E-state index is -0.320. The van der Waals surface area contributed by atoms with Crippen molar-refractivity contribution in [1.29, 1.82) is 0 Å². The zero-order valence-electron chi connectivity index (χ0n) is 10.7. The topological polar surface area (TPSA) is 29.5 Å². The third kappa shape index (κ3) is 2.10. The van der Waals surface area contributed by atoms with Crippen molar-refractivity contribution < 1.29 is 14.2 Å². The van der Waals surface area contributed by atoms with E-state index in [1.165, 1.54) is 6.07 Å². The zero-order chi connectivity index (χ0) is 13.4. The molecule has 0 fully saturated rings. The number of hydrogen-bond donors (Lipinski definition) is 1. The Kier molecular flexibility index (Phi) is 2.99. The van der Waals surface area contributed by atoms with Crippen LogP contribution >= 0.6 is 0 Å². The second kappa shape index (κ2) is 4.67. The van der Waals surface area contributed by atoms with E-state index >= 15 is 0 Å². The number of para-hydroxylation sites is 1. The molecule has 0 amide bonds. The third-order valence-electron chi connectivity index (χ3n) is 3.56. The maximum atomic E-state index is 14.0. The van der Waals surface area contributed by atoms with Gasteiger partial charge < -0.3 is 9.84 Å². The van der Waals surface area contributed by atoms with E-state index in [4.69, 9.17) is 4.74 Å². The van der Waals surface area contributed by atoms with Crippen LogP contribution in [-0.4, -0.2) is 11.7 Å². The molecule has 98 valence electrons. The molecule has 1 atom stereocenters. The molecule has 0 radical (unpaired) electrons. The molecule has 1 aliphatic rings. The maximum absolute atomic E-state index is 14.0. The third-order valence-corrected chi connectivity index (χ3v) is 3.56. The fourth-order valence-corrected chi connectivity index (χ4v) is 2.40. The second-order valence-electron chi connectivity index (χ2n) is 4.95. The van der Waals surface area contributed by atoms with Crippen molar-refractivity contribution in [3.8, 4) is 11.5 Å². The molecule has 0 saturated heterocycles. The lowest BCUT2D eigenvalue weighted by molar-refractivity contribution is 0.270. The van der Waals surface area contributed by atoms with E-state index < -0.39 is 0 Å². The summed E-state index contributed by atoms with van der Waals surface area (Å²) in [6.07, 6.45) is 0.733. The summed E-state index contributed by atoms with van der Waals surface area (Å²) < 4.78 is 19.7. The zero-order valence-corrected chi connectivity index (χ0v) is 10.7. The van der Waals surface area contributed by atoms with Gasteiger partial charge in [0.05, 0.1) is 0 Å². The lowest BCUT2D eigenvalue weighted by Crippen LogP contribution is -2.08. The van der Waals surface area contributed by atoms with Gasteiger partial charge in [0, 0.05) is 25.0 Å². The molecule has 1 unspecified atom stereocenters. The molecule has 2 aromatic rings. The second-order valence-corrected chi connectivity index (χ2v) is 4.95. The quantitative estimate of drug-likeness (QED) is 0.760. The molecule has 0 aromatic heterocycles. The molecule has 3 heteroatoms. The van der Waals surface area contributed by atoms with Crippen molar-refractivity contribution in [1.82, 2.24) is 0 Å². The minimum absolute atomic E-state index is 0.0624. The summed E-state index contributed by atoms with van der Waals surface area (Å²) in [5, 5.41) is 9.18. The van der Waals surface area contributed by atoms with Crippen LogP contribution in [0.5, 0.6) is 11.5 Å². The Balaban J connectivity index is 2.04. The SMILES string of the molecule is CC(CO)c1cc2c(cc1F)Oc1ccccc1C2. The lowest BCUT2D eigenvalue weighted by Gasteiger charge is -2.22. The normalized spacial score (nSPS) is 14.3. The summed E-state index contributed by atoms with van der Waals surface area (Å²) >= 11 is 0. The number of fused-ring (bicyclic) bond motifs is 2. The van der Waals surface area contributed by atoms with Crippen molar-refractivity contribution in [2.24, 2.45) is 0 Å². The Morgan fingerprint density at radius 3 is 2.79 bits per heavy atom. The van der Waals surface area contributed by atoms with E-state index in [1.807, 2.05) is 37.3 Å². The van der Waals surface area contributed by atoms with Gasteiger partial charge in [-0.2, -0.15) is 0 Å². The molecule has 0 bridgehead atoms. The Labute approximate surface area is 111 Å². The Morgan fingerprint density at radius 1 is 1.21 bits per heavy atom. The first-order valence-electron chi connectivity index (χ1n) is 6.38. The Morgan fingerprint density at radius 2 is 2.00 bits per heavy atom. The summed E-state index contributed by atoms with van der Waals surface area (Å²) in [6, 6.07) is 11.0. The number of aliphatic hydroxyl groups excluding tert-OH is 1. The van der Waals surface area contributed by atoms with Crippen LogP contribution < -0.4 is 4.74 Å². The molecule has 1 heterocycles. The highest BCUT2D eigenvalue weighted by Crippen LogP contribution is 2.38. The molecule has 2 nitrogen and oxygen atoms in total. The summed E-state index contributed by atoms with van der Waals surface area (Å²) in [4.78, 5) is 0. The lowest BCUT2D eigenvalue weighted by atomic mass is 9.94. The summed E-state index contributed by atoms with van der Waals surface area (Å²) in [5.41, 5.74) is 2.61. The van der Waals surface area contributed by atoms with Crippen LogP contribution in [-0.2, 0) is 6.42 Å². The van der Waals surface area contributed by atoms with Crippen LogP contribution in [0, 0.1) is 5.82 Å². The molecule has 19 heavy (non-hydrogen) atoms. The predicted octanol–water partition coefficient (Wildman–Crippen LogP) is 3.62. The van der Waals surface area contributed by atoms with E-state index in [2.05, 4.69) is 0 Å². The van der Waals surface area contributed by atoms with Crippen LogP contribution in [0.25, 0.3) is 0 Å². The van der Waals surface area contributed by atoms with E-state index in [1.54, 1.807) is 0 Å². The standard InChI is InChI=1S/C16H15FO2/c1-10(9-18)13-7-12-6-11-4-2-3-5-15(11)19-16(12)8-14(13)17/h2-5,7-8,10,18H,6,9H2,1H3. The van der Waals surface area contributed by atoms with E-state index in [9.17, 15) is 9.50 Å². The molecule has 3 rings (SSSR count). The molecule has 0 aliphatic carbocycles. The first kappa shape index (κ1) is 12.2. The van der Waals surface area contributed by atoms with Crippen LogP contribution in [0.3, 0.4) is 0 Å². The molecule has 0 saturated carbocycles. The van der Waals surface area contributed by atoms with Gasteiger partial charge in [0.15, 0.2) is 0 Å². The average molecular weight is 258 g/mol. The van der Waals surface area contributed by atoms with E-state index in [0.717, 1.165) is 23.3 Å². The van der Waals surface area contributed by atoms with Gasteiger partial charge in [-0.05, 0) is 28.8 Å². The van der Waals surface area contributed by atoms with Crippen LogP contribution in [0.2, 0.25) is 0 Å². The number of ether oxygens (including phenoxy) is 1. The number of halogens is 1. The first-order valence-corrected chi connectivity index (χ1v) is 6.38. The van der Waals surface area contributed by atoms with Crippen LogP contribution in [0.4, 0.5) is 4.39 Å². The average Bonchev–Trinajstić information content (AvgIpc) is 2.43. The largest absolute Gasteiger partial charge is 0.457 e. The molecule has 1 aliphatic heterocycles. The Hall–Kier alpha value is -1.87. The molecular weight excluding hydrogens is 243 g/mol. The fourth-order valence-electron chi connectivity index (χ4n) is 2.40. The molecule has 0 spiro atoms. The smallest absolute Gasteiger partial charge is 0.133 e. The minimum Gasteiger partial charge on any atom is -0.457 e. The monoisotopic (exact) mass is 258 g/mol. The first-order chi connectivity index (χ1) is 9.19. The number of hydrogen-bond acceptors (Lipinski definition) is 2. The van der Waals surface area contributed by atoms with Gasteiger partial charge in [-0.15, -0.1) is 0 Å². The van der Waals surface area contributed by atoms with E-state index in [0.29, 0.717) is 11.3 Å². The molecular formula is C16H15FO2. The predicted molar refractivity (Wildman–Crippen MR) is 71.2 cm³/mol. The highest BCUT2D eigenvalue weighted by atomic mass is 19.1. The molecule has 1 N–H and O–H groups in total. The van der Waals surface area contributed by atoms with Gasteiger partial charge in [0.25, 0.3) is 0 Å². The van der Waals surface area contributed by atoms with Crippen molar-refractivity contribution in [3.05, 3.63) is 58.9 Å². The van der Waals surface area contributed by atoms with Gasteiger partial charge in [-0.25, -0.2) is 4.39 Å². The van der Waals surface area contributed by atoms with Gasteiger partial charge in [-0.1, -0.05) is 25.1 Å². The summed E-state index contributed by atoms with van der Waals surface area (Å²) in [6.45, 7) is 1.75. The van der Waals surface area contributed by atoms with Crippen molar-refractivity contribution in [2.75, 3.05) is 6.61 Å². The fraction of sp³-hybridized carbons (Fsp3) is 0.250. The summed E-state index contributed by atoms with van der Waals surface area (Å²) in [5.74, 6) is 0.838. The van der Waals surface area contributed by atoms with Crippen LogP contribution in [0.1, 0.15) is 29.5 Å². The van der Waals surface area contributed by atoms with Gasteiger partial charge >= 0.3 is 0 Å². The number of rotatable bonds is 2. The highest BCUT2D eigenvalue weighted by molar-refractivity contribution is 5.51. The van der Waals surface area contributed by atoms with Crippen molar-refractivity contribution in [3.63, 3.8) is 0 Å². The van der Waals surface area contributed by atoms with Crippen molar-refractivity contribution in [2.45, 2.75) is 19.3 Å². The van der Waals surface area contributed by atoms with Gasteiger partial charge in [0.2, 0.25) is 0 Å². The van der Waals surface area contributed by atoms with Crippen LogP contribution in [0.15, 0.2) is 36.4 Å². The van der Waals surface area contributed by atoms with Crippen molar-refractivity contribution >= 4 is 0 Å². The summed E-state index contributed by atoms with van der Waals surface area (Å²) in [7, 11) is 0. The number of aliphatic hydroxyl groups is 1. The number of benzene rings is 2.